The minimum atomic E-state index is -3.05. The largest absolute Gasteiger partial charge is 0.273 e. The summed E-state index contributed by atoms with van der Waals surface area (Å²) in [6.07, 6.45) is 1.98. The summed E-state index contributed by atoms with van der Waals surface area (Å²) in [4.78, 5) is 11.8. The third-order valence-electron chi connectivity index (χ3n) is 3.86. The van der Waals surface area contributed by atoms with E-state index in [1.54, 1.807) is 6.21 Å². The number of hydrogen-bond donors (Lipinski definition) is 1. The highest BCUT2D eigenvalue weighted by atomic mass is 32.2. The Labute approximate surface area is 125 Å². The molecule has 1 aliphatic rings. The van der Waals surface area contributed by atoms with E-state index in [9.17, 15) is 13.2 Å². The molecule has 1 aliphatic heterocycles. The first kappa shape index (κ1) is 15.7. The maximum atomic E-state index is 11.8. The van der Waals surface area contributed by atoms with E-state index in [-0.39, 0.29) is 17.4 Å². The number of hydrazone groups is 1. The third-order valence-corrected chi connectivity index (χ3v) is 5.63. The van der Waals surface area contributed by atoms with Crippen LogP contribution >= 0.6 is 0 Å². The van der Waals surface area contributed by atoms with Gasteiger partial charge < -0.3 is 0 Å². The second-order valence-electron chi connectivity index (χ2n) is 5.63. The van der Waals surface area contributed by atoms with Crippen LogP contribution in [-0.4, -0.2) is 32.0 Å². The van der Waals surface area contributed by atoms with Gasteiger partial charge in [-0.05, 0) is 55.5 Å². The molecule has 5 nitrogen and oxygen atoms in total. The molecule has 0 saturated carbocycles. The van der Waals surface area contributed by atoms with Crippen molar-refractivity contribution >= 4 is 22.0 Å². The number of carbonyl (C=O) groups is 1. The van der Waals surface area contributed by atoms with Crippen LogP contribution in [0.25, 0.3) is 0 Å². The zero-order valence-corrected chi connectivity index (χ0v) is 13.3. The predicted octanol–water partition coefficient (Wildman–Crippen LogP) is 1.50. The van der Waals surface area contributed by atoms with Gasteiger partial charge in [-0.2, -0.15) is 5.10 Å². The minimum Gasteiger partial charge on any atom is -0.273 e. The zero-order chi connectivity index (χ0) is 15.6. The van der Waals surface area contributed by atoms with Gasteiger partial charge in [0.05, 0.1) is 23.6 Å². The van der Waals surface area contributed by atoms with Crippen molar-refractivity contribution in [2.24, 2.45) is 11.0 Å². The smallest absolute Gasteiger partial charge is 0.244 e. The highest BCUT2D eigenvalue weighted by Crippen LogP contribution is 2.18. The van der Waals surface area contributed by atoms with E-state index in [4.69, 9.17) is 0 Å². The van der Waals surface area contributed by atoms with Gasteiger partial charge in [-0.3, -0.25) is 4.79 Å². The van der Waals surface area contributed by atoms with Crippen LogP contribution in [0.15, 0.2) is 17.2 Å². The topological polar surface area (TPSA) is 75.6 Å². The number of carbonyl (C=O) groups excluding carboxylic acids is 1. The molecule has 1 N–H and O–H groups in total. The Kier molecular flexibility index (Phi) is 4.46. The van der Waals surface area contributed by atoms with Gasteiger partial charge in [0.15, 0.2) is 9.84 Å². The summed E-state index contributed by atoms with van der Waals surface area (Å²) in [6.45, 7) is 6.05. The Morgan fingerprint density at radius 1 is 1.24 bits per heavy atom. The molecular formula is C15H20N2O3S. The van der Waals surface area contributed by atoms with Gasteiger partial charge in [0.1, 0.15) is 0 Å². The van der Waals surface area contributed by atoms with Crippen LogP contribution in [0, 0.1) is 26.7 Å². The first-order valence-corrected chi connectivity index (χ1v) is 8.72. The number of aryl methyl sites for hydroxylation is 3. The van der Waals surface area contributed by atoms with Crippen LogP contribution in [0.5, 0.6) is 0 Å². The van der Waals surface area contributed by atoms with Crippen molar-refractivity contribution in [3.8, 4) is 0 Å². The molecule has 0 bridgehead atoms. The Bertz CT molecular complexity index is 693. The van der Waals surface area contributed by atoms with Crippen molar-refractivity contribution < 1.29 is 13.2 Å². The van der Waals surface area contributed by atoms with Crippen molar-refractivity contribution in [3.63, 3.8) is 0 Å². The number of rotatable bonds is 3. The Hall–Kier alpha value is -1.69. The van der Waals surface area contributed by atoms with Crippen molar-refractivity contribution in [1.82, 2.24) is 5.43 Å². The molecule has 1 fully saturated rings. The molecule has 0 aliphatic carbocycles. The normalized spacial score (nSPS) is 20.8. The molecule has 0 aromatic heterocycles. The van der Waals surface area contributed by atoms with Crippen molar-refractivity contribution in [3.05, 3.63) is 34.4 Å². The lowest BCUT2D eigenvalue weighted by atomic mass is 10.0. The van der Waals surface area contributed by atoms with E-state index in [0.29, 0.717) is 6.42 Å². The second-order valence-corrected chi connectivity index (χ2v) is 7.86. The quantitative estimate of drug-likeness (QED) is 0.679. The molecule has 114 valence electrons. The number of sulfone groups is 1. The molecule has 1 aromatic carbocycles. The molecule has 1 heterocycles. The van der Waals surface area contributed by atoms with Gasteiger partial charge in [0.25, 0.3) is 0 Å². The predicted molar refractivity (Wildman–Crippen MR) is 83.2 cm³/mol. The summed E-state index contributed by atoms with van der Waals surface area (Å²) in [5.74, 6) is -0.788. The Morgan fingerprint density at radius 3 is 2.52 bits per heavy atom. The monoisotopic (exact) mass is 308 g/mol. The summed E-state index contributed by atoms with van der Waals surface area (Å²) >= 11 is 0. The standard InChI is InChI=1S/C15H20N2O3S/c1-10-6-12(3)14(7-11(10)2)8-16-17-15(18)13-4-5-21(19,20)9-13/h6-8,13H,4-5,9H2,1-3H3,(H,17,18)/b16-8-/t13-/m1/s1. The first-order valence-electron chi connectivity index (χ1n) is 6.90. The van der Waals surface area contributed by atoms with Gasteiger partial charge in [-0.15, -0.1) is 0 Å². The highest BCUT2D eigenvalue weighted by molar-refractivity contribution is 7.91. The average Bonchev–Trinajstić information content (AvgIpc) is 2.76. The van der Waals surface area contributed by atoms with Crippen LogP contribution in [0.4, 0.5) is 0 Å². The van der Waals surface area contributed by atoms with Crippen molar-refractivity contribution in [2.45, 2.75) is 27.2 Å². The molecule has 0 spiro atoms. The lowest BCUT2D eigenvalue weighted by molar-refractivity contribution is -0.124. The summed E-state index contributed by atoms with van der Waals surface area (Å²) in [6, 6.07) is 4.09. The van der Waals surface area contributed by atoms with E-state index in [1.807, 2.05) is 26.8 Å². The lowest BCUT2D eigenvalue weighted by Gasteiger charge is -2.07. The number of amides is 1. The minimum absolute atomic E-state index is 0.0724. The van der Waals surface area contributed by atoms with Gasteiger partial charge >= 0.3 is 0 Å². The summed E-state index contributed by atoms with van der Waals surface area (Å²) in [5, 5.41) is 3.95. The van der Waals surface area contributed by atoms with E-state index < -0.39 is 15.8 Å². The summed E-state index contributed by atoms with van der Waals surface area (Å²) < 4.78 is 22.7. The van der Waals surface area contributed by atoms with E-state index in [0.717, 1.165) is 16.7 Å². The molecule has 21 heavy (non-hydrogen) atoms. The number of hydrogen-bond acceptors (Lipinski definition) is 4. The fourth-order valence-electron chi connectivity index (χ4n) is 2.38. The van der Waals surface area contributed by atoms with Gasteiger partial charge in [-0.25, -0.2) is 13.8 Å². The van der Waals surface area contributed by atoms with Gasteiger partial charge in [-0.1, -0.05) is 6.07 Å². The fraction of sp³-hybridized carbons (Fsp3) is 0.467. The second kappa shape index (κ2) is 5.97. The molecule has 1 saturated heterocycles. The number of benzene rings is 1. The Morgan fingerprint density at radius 2 is 1.90 bits per heavy atom. The fourth-order valence-corrected chi connectivity index (χ4v) is 4.12. The molecule has 6 heteroatoms. The maximum absolute atomic E-state index is 11.8. The molecule has 1 aromatic rings. The molecule has 0 radical (unpaired) electrons. The maximum Gasteiger partial charge on any atom is 0.244 e. The van der Waals surface area contributed by atoms with Crippen molar-refractivity contribution in [1.29, 1.82) is 0 Å². The first-order chi connectivity index (χ1) is 9.78. The average molecular weight is 308 g/mol. The van der Waals surface area contributed by atoms with Crippen molar-refractivity contribution in [2.75, 3.05) is 11.5 Å². The summed E-state index contributed by atoms with van der Waals surface area (Å²) in [7, 11) is -3.05. The van der Waals surface area contributed by atoms with Crippen LogP contribution in [-0.2, 0) is 14.6 Å². The van der Waals surface area contributed by atoms with Gasteiger partial charge in [0.2, 0.25) is 5.91 Å². The molecule has 0 unspecified atom stereocenters. The summed E-state index contributed by atoms with van der Waals surface area (Å²) in [5.41, 5.74) is 6.84. The van der Waals surface area contributed by atoms with Crippen LogP contribution in [0.3, 0.4) is 0 Å². The van der Waals surface area contributed by atoms with E-state index in [2.05, 4.69) is 16.6 Å². The van der Waals surface area contributed by atoms with E-state index in [1.165, 1.54) is 5.56 Å². The Balaban J connectivity index is 2.00. The SMILES string of the molecule is Cc1cc(C)c(/C=N\NC(=O)[C@@H]2CCS(=O)(=O)C2)cc1C. The molecule has 1 atom stereocenters. The molecule has 2 rings (SSSR count). The molecular weight excluding hydrogens is 288 g/mol. The van der Waals surface area contributed by atoms with Gasteiger partial charge in [0, 0.05) is 0 Å². The number of nitrogens with zero attached hydrogens (tertiary/aromatic N) is 1. The highest BCUT2D eigenvalue weighted by Gasteiger charge is 2.32. The lowest BCUT2D eigenvalue weighted by Crippen LogP contribution is -2.27. The van der Waals surface area contributed by atoms with Crippen LogP contribution in [0.1, 0.15) is 28.7 Å². The number of nitrogens with one attached hydrogen (secondary N) is 1. The van der Waals surface area contributed by atoms with Crippen LogP contribution in [0.2, 0.25) is 0 Å². The van der Waals surface area contributed by atoms with Crippen LogP contribution < -0.4 is 5.43 Å². The van der Waals surface area contributed by atoms with E-state index >= 15 is 0 Å². The zero-order valence-electron chi connectivity index (χ0n) is 12.5. The molecule has 1 amide bonds. The third kappa shape index (κ3) is 3.91.